The molecule has 20 heavy (non-hydrogen) atoms. The van der Waals surface area contributed by atoms with Gasteiger partial charge in [0.25, 0.3) is 0 Å². The minimum Gasteiger partial charge on any atom is -0.408 e. The maximum Gasteiger partial charge on any atom is 0.420 e. The Morgan fingerprint density at radius 2 is 2.10 bits per heavy atom. The first-order valence-corrected chi connectivity index (χ1v) is 6.32. The van der Waals surface area contributed by atoms with Crippen molar-refractivity contribution in [3.8, 4) is 0 Å². The lowest BCUT2D eigenvalue weighted by atomic mass is 10.3. The highest BCUT2D eigenvalue weighted by molar-refractivity contribution is 5.74. The van der Waals surface area contributed by atoms with Gasteiger partial charge in [0.2, 0.25) is 0 Å². The van der Waals surface area contributed by atoms with Gasteiger partial charge in [-0.3, -0.25) is 4.57 Å². The second-order valence-corrected chi connectivity index (χ2v) is 4.55. The number of oxazole rings is 1. The van der Waals surface area contributed by atoms with E-state index in [9.17, 15) is 9.59 Å². The maximum absolute atomic E-state index is 11.7. The van der Waals surface area contributed by atoms with Crippen molar-refractivity contribution in [3.63, 3.8) is 0 Å². The summed E-state index contributed by atoms with van der Waals surface area (Å²) in [6.07, 6.45) is 0. The van der Waals surface area contributed by atoms with Crippen LogP contribution in [0.15, 0.2) is 45.6 Å². The highest BCUT2D eigenvalue weighted by Gasteiger charge is 2.08. The molecule has 0 aliphatic carbocycles. The molecule has 0 saturated heterocycles. The highest BCUT2D eigenvalue weighted by Crippen LogP contribution is 2.10. The molecule has 1 heterocycles. The van der Waals surface area contributed by atoms with Gasteiger partial charge in [0.15, 0.2) is 5.58 Å². The number of carbonyl (C=O) groups excluding carboxylic acids is 1. The van der Waals surface area contributed by atoms with E-state index in [0.29, 0.717) is 25.2 Å². The zero-order valence-electron chi connectivity index (χ0n) is 11.3. The van der Waals surface area contributed by atoms with Crippen molar-refractivity contribution in [2.24, 2.45) is 0 Å². The third kappa shape index (κ3) is 3.28. The molecule has 0 fully saturated rings. The van der Waals surface area contributed by atoms with Crippen LogP contribution in [0.1, 0.15) is 6.92 Å². The van der Waals surface area contributed by atoms with Crippen molar-refractivity contribution < 1.29 is 9.21 Å². The summed E-state index contributed by atoms with van der Waals surface area (Å²) >= 11 is 0. The van der Waals surface area contributed by atoms with Crippen molar-refractivity contribution in [1.29, 1.82) is 0 Å². The first-order valence-electron chi connectivity index (χ1n) is 6.32. The number of nitrogens with zero attached hydrogens (tertiary/aromatic N) is 1. The van der Waals surface area contributed by atoms with Gasteiger partial charge < -0.3 is 15.1 Å². The smallest absolute Gasteiger partial charge is 0.408 e. The van der Waals surface area contributed by atoms with Crippen LogP contribution in [0.2, 0.25) is 0 Å². The predicted octanol–water partition coefficient (Wildman–Crippen LogP) is 1.47. The minimum absolute atomic E-state index is 0.283. The van der Waals surface area contributed by atoms with Gasteiger partial charge in [0.05, 0.1) is 5.52 Å². The lowest BCUT2D eigenvalue weighted by Crippen LogP contribution is -2.38. The molecular weight excluding hydrogens is 258 g/mol. The van der Waals surface area contributed by atoms with E-state index < -0.39 is 5.76 Å². The first-order chi connectivity index (χ1) is 9.58. The first kappa shape index (κ1) is 13.9. The van der Waals surface area contributed by atoms with Crippen LogP contribution in [-0.2, 0) is 6.54 Å². The topological polar surface area (TPSA) is 76.3 Å². The van der Waals surface area contributed by atoms with Crippen molar-refractivity contribution in [3.05, 3.63) is 47.0 Å². The lowest BCUT2D eigenvalue weighted by molar-refractivity contribution is 0.241. The number of para-hydroxylation sites is 2. The third-order valence-electron chi connectivity index (χ3n) is 2.75. The summed E-state index contributed by atoms with van der Waals surface area (Å²) in [6, 6.07) is 6.90. The van der Waals surface area contributed by atoms with Crippen LogP contribution in [0.4, 0.5) is 4.79 Å². The fourth-order valence-electron chi connectivity index (χ4n) is 1.80. The number of rotatable bonds is 5. The monoisotopic (exact) mass is 275 g/mol. The molecule has 6 heteroatoms. The van der Waals surface area contributed by atoms with Crippen LogP contribution >= 0.6 is 0 Å². The number of carbonyl (C=O) groups is 1. The van der Waals surface area contributed by atoms with E-state index in [1.165, 1.54) is 4.57 Å². The van der Waals surface area contributed by atoms with E-state index >= 15 is 0 Å². The van der Waals surface area contributed by atoms with Gasteiger partial charge in [-0.2, -0.15) is 0 Å². The second kappa shape index (κ2) is 6.10. The average molecular weight is 275 g/mol. The SMILES string of the molecule is C=C(C)CNC(=O)NCCn1c(=O)oc2ccccc21. The molecule has 0 aliphatic rings. The summed E-state index contributed by atoms with van der Waals surface area (Å²) in [5.74, 6) is -0.421. The summed E-state index contributed by atoms with van der Waals surface area (Å²) in [6.45, 7) is 6.65. The Hall–Kier alpha value is -2.50. The zero-order valence-corrected chi connectivity index (χ0v) is 11.3. The van der Waals surface area contributed by atoms with Crippen LogP contribution in [0, 0.1) is 0 Å². The number of benzene rings is 1. The van der Waals surface area contributed by atoms with Crippen LogP contribution in [0.3, 0.4) is 0 Å². The molecule has 0 atom stereocenters. The van der Waals surface area contributed by atoms with Gasteiger partial charge in [0, 0.05) is 19.6 Å². The molecule has 2 rings (SSSR count). The van der Waals surface area contributed by atoms with Crippen LogP contribution in [0.5, 0.6) is 0 Å². The summed E-state index contributed by atoms with van der Waals surface area (Å²) in [5.41, 5.74) is 2.14. The second-order valence-electron chi connectivity index (χ2n) is 4.55. The molecule has 106 valence electrons. The largest absolute Gasteiger partial charge is 0.420 e. The van der Waals surface area contributed by atoms with Crippen molar-refractivity contribution in [1.82, 2.24) is 15.2 Å². The van der Waals surface area contributed by atoms with Crippen molar-refractivity contribution in [2.75, 3.05) is 13.1 Å². The molecule has 2 amide bonds. The molecule has 0 radical (unpaired) electrons. The van der Waals surface area contributed by atoms with Crippen molar-refractivity contribution in [2.45, 2.75) is 13.5 Å². The number of aromatic nitrogens is 1. The normalized spacial score (nSPS) is 10.4. The van der Waals surface area contributed by atoms with Gasteiger partial charge in [-0.25, -0.2) is 9.59 Å². The van der Waals surface area contributed by atoms with Gasteiger partial charge in [-0.15, -0.1) is 0 Å². The van der Waals surface area contributed by atoms with E-state index in [0.717, 1.165) is 11.1 Å². The molecule has 1 aromatic carbocycles. The molecule has 2 N–H and O–H groups in total. The summed E-state index contributed by atoms with van der Waals surface area (Å²) in [7, 11) is 0. The number of amides is 2. The Bertz CT molecular complexity index is 684. The van der Waals surface area contributed by atoms with E-state index in [1.54, 1.807) is 18.2 Å². The Kier molecular flexibility index (Phi) is 4.24. The molecular formula is C14H17N3O3. The highest BCUT2D eigenvalue weighted by atomic mass is 16.4. The molecule has 1 aromatic heterocycles. The Labute approximate surface area is 116 Å². The van der Waals surface area contributed by atoms with Crippen molar-refractivity contribution >= 4 is 17.1 Å². The fraction of sp³-hybridized carbons (Fsp3) is 0.286. The Balaban J connectivity index is 1.93. The minimum atomic E-state index is -0.421. The zero-order chi connectivity index (χ0) is 14.5. The standard InChI is InChI=1S/C14H17N3O3/c1-10(2)9-16-13(18)15-7-8-17-11-5-3-4-6-12(11)20-14(17)19/h3-6H,1,7-9H2,2H3,(H2,15,16,18). The average Bonchev–Trinajstić information content (AvgIpc) is 2.73. The molecule has 0 unspecified atom stereocenters. The summed E-state index contributed by atoms with van der Waals surface area (Å²) in [4.78, 5) is 23.1. The van der Waals surface area contributed by atoms with Crippen LogP contribution in [0.25, 0.3) is 11.1 Å². The molecule has 0 bridgehead atoms. The lowest BCUT2D eigenvalue weighted by Gasteiger charge is -2.07. The van der Waals surface area contributed by atoms with Crippen LogP contribution < -0.4 is 16.4 Å². The number of hydrogen-bond donors (Lipinski definition) is 2. The number of hydrogen-bond acceptors (Lipinski definition) is 3. The van der Waals surface area contributed by atoms with Gasteiger partial charge in [-0.1, -0.05) is 24.3 Å². The van der Waals surface area contributed by atoms with Gasteiger partial charge in [-0.05, 0) is 19.1 Å². The molecule has 0 saturated carbocycles. The molecule has 2 aromatic rings. The molecule has 0 aliphatic heterocycles. The number of urea groups is 1. The Morgan fingerprint density at radius 1 is 1.35 bits per heavy atom. The van der Waals surface area contributed by atoms with E-state index in [4.69, 9.17) is 4.42 Å². The van der Waals surface area contributed by atoms with Gasteiger partial charge in [0.1, 0.15) is 0 Å². The third-order valence-corrected chi connectivity index (χ3v) is 2.75. The Morgan fingerprint density at radius 3 is 2.85 bits per heavy atom. The maximum atomic E-state index is 11.7. The van der Waals surface area contributed by atoms with Crippen LogP contribution in [-0.4, -0.2) is 23.7 Å². The van der Waals surface area contributed by atoms with Gasteiger partial charge >= 0.3 is 11.8 Å². The predicted molar refractivity (Wildman–Crippen MR) is 76.7 cm³/mol. The van der Waals surface area contributed by atoms with E-state index in [-0.39, 0.29) is 6.03 Å². The number of fused-ring (bicyclic) bond motifs is 1. The van der Waals surface area contributed by atoms with E-state index in [1.807, 2.05) is 13.0 Å². The number of nitrogens with one attached hydrogen (secondary N) is 2. The molecule has 6 nitrogen and oxygen atoms in total. The molecule has 0 spiro atoms. The quantitative estimate of drug-likeness (QED) is 0.811. The fourth-order valence-corrected chi connectivity index (χ4v) is 1.80. The van der Waals surface area contributed by atoms with E-state index in [2.05, 4.69) is 17.2 Å². The summed E-state index contributed by atoms with van der Waals surface area (Å²) < 4.78 is 6.60. The summed E-state index contributed by atoms with van der Waals surface area (Å²) in [5, 5.41) is 5.33.